The van der Waals surface area contributed by atoms with Gasteiger partial charge in [-0.15, -0.1) is 11.8 Å². The molecular formula is C18H21BrFN4O9PS. The predicted molar refractivity (Wildman–Crippen MR) is 126 cm³/mol. The summed E-state index contributed by atoms with van der Waals surface area (Å²) in [7, 11) is -4.67. The number of aliphatic hydroxyl groups excluding tert-OH is 1. The Labute approximate surface area is 210 Å². The Hall–Kier alpha value is -2.20. The Morgan fingerprint density at radius 2 is 2.14 bits per heavy atom. The third-order valence-electron chi connectivity index (χ3n) is 4.68. The van der Waals surface area contributed by atoms with Gasteiger partial charge in [0.2, 0.25) is 5.75 Å². The van der Waals surface area contributed by atoms with E-state index >= 15 is 0 Å². The first kappa shape index (κ1) is 27.4. The molecule has 2 aromatic rings. The number of hydrogen-bond donors (Lipinski definition) is 5. The summed E-state index contributed by atoms with van der Waals surface area (Å²) >= 11 is 4.19. The van der Waals surface area contributed by atoms with Gasteiger partial charge in [0.15, 0.2) is 11.9 Å². The fourth-order valence-electron chi connectivity index (χ4n) is 2.93. The van der Waals surface area contributed by atoms with Gasteiger partial charge in [-0.3, -0.25) is 9.36 Å². The summed E-state index contributed by atoms with van der Waals surface area (Å²) in [5.74, 6) is -1.56. The number of benzene rings is 1. The molecule has 1 aliphatic rings. The van der Waals surface area contributed by atoms with Crippen molar-refractivity contribution in [3.05, 3.63) is 45.4 Å². The van der Waals surface area contributed by atoms with Crippen molar-refractivity contribution in [2.75, 3.05) is 12.3 Å². The third kappa shape index (κ3) is 6.94. The molecule has 3 rings (SSSR count). The van der Waals surface area contributed by atoms with E-state index in [0.717, 1.165) is 23.3 Å². The molecule has 192 valence electrons. The van der Waals surface area contributed by atoms with Crippen molar-refractivity contribution in [1.82, 2.24) is 14.6 Å². The zero-order valence-corrected chi connectivity index (χ0v) is 21.2. The lowest BCUT2D eigenvalue weighted by Crippen LogP contribution is -2.34. The van der Waals surface area contributed by atoms with Crippen LogP contribution in [0.4, 0.5) is 10.2 Å². The highest BCUT2D eigenvalue weighted by Crippen LogP contribution is 2.44. The van der Waals surface area contributed by atoms with Gasteiger partial charge < -0.3 is 30.5 Å². The van der Waals surface area contributed by atoms with Crippen LogP contribution in [0.1, 0.15) is 12.3 Å². The molecule has 1 aromatic heterocycles. The number of nitrogens with two attached hydrogens (primary N) is 1. The number of aromatic nitrogens is 2. The summed E-state index contributed by atoms with van der Waals surface area (Å²) in [6, 6.07) is 4.20. The molecule has 0 amide bonds. The molecule has 0 aliphatic carbocycles. The first-order valence-corrected chi connectivity index (χ1v) is 13.1. The van der Waals surface area contributed by atoms with E-state index in [9.17, 15) is 28.5 Å². The van der Waals surface area contributed by atoms with Gasteiger partial charge in [-0.1, -0.05) is 20.6 Å². The van der Waals surface area contributed by atoms with Crippen LogP contribution in [0.5, 0.6) is 11.5 Å². The summed E-state index contributed by atoms with van der Waals surface area (Å²) in [5.41, 5.74) is 4.69. The second kappa shape index (κ2) is 11.2. The molecule has 2 heterocycles. The second-order valence-corrected chi connectivity index (χ2v) is 11.0. The Bertz CT molecular complexity index is 1190. The van der Waals surface area contributed by atoms with Crippen LogP contribution in [0.15, 0.2) is 39.7 Å². The molecule has 0 bridgehead atoms. The summed E-state index contributed by atoms with van der Waals surface area (Å²) < 4.78 is 38.5. The lowest BCUT2D eigenvalue weighted by Gasteiger charge is -2.18. The Kier molecular flexibility index (Phi) is 8.80. The summed E-state index contributed by atoms with van der Waals surface area (Å²) in [5, 5.41) is 19.2. The number of alkyl halides is 1. The van der Waals surface area contributed by atoms with E-state index in [1.165, 1.54) is 30.5 Å². The molecule has 6 atom stereocenters. The molecule has 1 aliphatic heterocycles. The summed E-state index contributed by atoms with van der Waals surface area (Å²) in [4.78, 5) is 41.1. The van der Waals surface area contributed by atoms with Crippen LogP contribution in [0.2, 0.25) is 0 Å². The number of halogens is 2. The maximum absolute atomic E-state index is 14.8. The lowest BCUT2D eigenvalue weighted by atomic mass is 10.1. The van der Waals surface area contributed by atoms with E-state index in [1.807, 2.05) is 5.09 Å². The quantitative estimate of drug-likeness (QED) is 0.150. The normalized spacial score (nSPS) is 24.5. The average Bonchev–Trinajstić information content (AvgIpc) is 3.05. The van der Waals surface area contributed by atoms with Gasteiger partial charge in [-0.2, -0.15) is 4.98 Å². The molecule has 17 heteroatoms. The number of carboxylic acids is 1. The number of aliphatic hydroxyl groups is 1. The fraction of sp³-hybridized carbons (Fsp3) is 0.389. The van der Waals surface area contributed by atoms with Crippen LogP contribution in [0.25, 0.3) is 0 Å². The van der Waals surface area contributed by atoms with Crippen molar-refractivity contribution in [1.29, 1.82) is 0 Å². The Balaban J connectivity index is 1.68. The highest BCUT2D eigenvalue weighted by Gasteiger charge is 2.45. The number of carboxylic acid groups (broad SMARTS) is 1. The maximum atomic E-state index is 14.8. The molecule has 0 saturated carbocycles. The number of rotatable bonds is 10. The first-order valence-electron chi connectivity index (χ1n) is 9.82. The number of aliphatic carboxylic acids is 1. The molecule has 1 aromatic carbocycles. The molecule has 1 fully saturated rings. The highest BCUT2D eigenvalue weighted by atomic mass is 79.9. The minimum absolute atomic E-state index is 0.00337. The van der Waals surface area contributed by atoms with Crippen molar-refractivity contribution in [2.45, 2.75) is 35.9 Å². The predicted octanol–water partition coefficient (Wildman–Crippen LogP) is 1.45. The van der Waals surface area contributed by atoms with Crippen LogP contribution in [-0.2, 0) is 14.0 Å². The standard InChI is InChI=1S/C18H21BrFN4O9PS/c1-8(17(26)27)23-34(29,30)33-32-10-3-2-9(19)6-11(10)31-7-12-15(25)14(20)16(35-12)24-5-4-13(21)22-18(24)28/h2-6,8,12,14-16,25H,7H2,1H3,(H,26,27)(H2,21,22,28)(H2,23,29,30)/t8?,12-,14+,15-,16-/m1/s1. The Morgan fingerprint density at radius 1 is 1.43 bits per heavy atom. The van der Waals surface area contributed by atoms with Gasteiger partial charge in [-0.25, -0.2) is 18.8 Å². The van der Waals surface area contributed by atoms with Gasteiger partial charge in [0, 0.05) is 10.7 Å². The van der Waals surface area contributed by atoms with Gasteiger partial charge in [-0.05, 0) is 31.2 Å². The number of nitrogens with one attached hydrogen (secondary N) is 1. The van der Waals surface area contributed by atoms with E-state index in [2.05, 4.69) is 25.6 Å². The third-order valence-corrected chi connectivity index (χ3v) is 7.70. The van der Waals surface area contributed by atoms with Crippen molar-refractivity contribution in [3.8, 4) is 11.5 Å². The lowest BCUT2D eigenvalue weighted by molar-refractivity contribution is -0.139. The van der Waals surface area contributed by atoms with Crippen molar-refractivity contribution in [2.24, 2.45) is 0 Å². The molecule has 0 spiro atoms. The van der Waals surface area contributed by atoms with Crippen molar-refractivity contribution >= 4 is 47.2 Å². The average molecular weight is 599 g/mol. The maximum Gasteiger partial charge on any atom is 0.440 e. The number of thioether (sulfide) groups is 1. The van der Waals surface area contributed by atoms with Crippen LogP contribution in [-0.4, -0.2) is 60.8 Å². The molecular weight excluding hydrogens is 578 g/mol. The number of nitrogen functional groups attached to an aromatic ring is 1. The number of hydrogen-bond acceptors (Lipinski definition) is 10. The smallest absolute Gasteiger partial charge is 0.440 e. The largest absolute Gasteiger partial charge is 0.488 e. The number of carbonyl (C=O) groups is 1. The van der Waals surface area contributed by atoms with E-state index in [-0.39, 0.29) is 23.9 Å². The fourth-order valence-corrected chi connectivity index (χ4v) is 5.52. The van der Waals surface area contributed by atoms with Gasteiger partial charge in [0.1, 0.15) is 29.9 Å². The minimum atomic E-state index is -4.67. The SMILES string of the molecule is CC(NP(=O)(O)OOc1ccc(Br)cc1OC[C@H]1S[C@@H](n2ccc(N)nc2=O)[C@@H](F)[C@@H]1O)C(=O)O. The second-order valence-electron chi connectivity index (χ2n) is 7.31. The monoisotopic (exact) mass is 598 g/mol. The molecule has 13 nitrogen and oxygen atoms in total. The van der Waals surface area contributed by atoms with Gasteiger partial charge in [0.05, 0.1) is 5.25 Å². The number of anilines is 1. The van der Waals surface area contributed by atoms with Crippen molar-refractivity contribution < 1.29 is 43.2 Å². The highest BCUT2D eigenvalue weighted by molar-refractivity contribution is 9.10. The van der Waals surface area contributed by atoms with E-state index in [4.69, 9.17) is 20.5 Å². The van der Waals surface area contributed by atoms with E-state index in [0.29, 0.717) is 4.47 Å². The van der Waals surface area contributed by atoms with Crippen molar-refractivity contribution in [3.63, 3.8) is 0 Å². The molecule has 6 N–H and O–H groups in total. The number of nitrogens with zero attached hydrogens (tertiary/aromatic N) is 2. The summed E-state index contributed by atoms with van der Waals surface area (Å²) in [6.07, 6.45) is -2.00. The zero-order chi connectivity index (χ0) is 25.9. The zero-order valence-electron chi connectivity index (χ0n) is 17.9. The van der Waals surface area contributed by atoms with Crippen LogP contribution in [0, 0.1) is 0 Å². The van der Waals surface area contributed by atoms with Crippen LogP contribution in [0.3, 0.4) is 0 Å². The van der Waals surface area contributed by atoms with E-state index < -0.39 is 48.3 Å². The van der Waals surface area contributed by atoms with E-state index in [1.54, 1.807) is 0 Å². The number of ether oxygens (including phenoxy) is 1. The van der Waals surface area contributed by atoms with Crippen LogP contribution < -0.4 is 26.1 Å². The Morgan fingerprint density at radius 3 is 2.80 bits per heavy atom. The molecule has 1 saturated heterocycles. The van der Waals surface area contributed by atoms with Crippen LogP contribution >= 0.6 is 35.4 Å². The first-order chi connectivity index (χ1) is 16.4. The summed E-state index contributed by atoms with van der Waals surface area (Å²) in [6.45, 7) is 0.894. The van der Waals surface area contributed by atoms with Gasteiger partial charge >= 0.3 is 19.4 Å². The molecule has 35 heavy (non-hydrogen) atoms. The molecule has 2 unspecified atom stereocenters. The molecule has 0 radical (unpaired) electrons. The minimum Gasteiger partial charge on any atom is -0.488 e. The van der Waals surface area contributed by atoms with Gasteiger partial charge in [0.25, 0.3) is 0 Å². The topological polar surface area (TPSA) is 195 Å².